The maximum Gasteiger partial charge on any atom is 0.222 e. The lowest BCUT2D eigenvalue weighted by Crippen LogP contribution is -2.15. The van der Waals surface area contributed by atoms with Gasteiger partial charge in [-0.2, -0.15) is 4.98 Å². The van der Waals surface area contributed by atoms with Crippen LogP contribution < -0.4 is 16.0 Å². The van der Waals surface area contributed by atoms with E-state index in [1.807, 2.05) is 43.5 Å². The van der Waals surface area contributed by atoms with Crippen molar-refractivity contribution >= 4 is 17.5 Å². The number of fused-ring (bicyclic) bond motifs is 1. The fraction of sp³-hybridized carbons (Fsp3) is 0.261. The summed E-state index contributed by atoms with van der Waals surface area (Å²) in [5, 5.41) is 3.38. The van der Waals surface area contributed by atoms with Crippen molar-refractivity contribution in [2.24, 2.45) is 0 Å². The Morgan fingerprint density at radius 2 is 2.00 bits per heavy atom. The van der Waals surface area contributed by atoms with Gasteiger partial charge in [-0.15, -0.1) is 6.58 Å². The Kier molecular flexibility index (Phi) is 6.79. The standard InChI is InChI=1S/C23H28N6/c1-4-14-29(19-9-12-25-13-10-19)15-11-17(2)16-18(3)26-22-20-7-5-6-8-21(20)27-23(24)28-22/h4,9-13,15-16H,1-2,5-8,14H2,3H3,(H3,24,26,27,28)/b15-11-,18-16+. The Hall–Kier alpha value is -3.41. The van der Waals surface area contributed by atoms with Gasteiger partial charge in [0.25, 0.3) is 0 Å². The van der Waals surface area contributed by atoms with Crippen LogP contribution in [0.15, 0.2) is 73.4 Å². The molecular formula is C23H28N6. The second-order valence-electron chi connectivity index (χ2n) is 7.05. The van der Waals surface area contributed by atoms with Crippen LogP contribution in [-0.4, -0.2) is 21.5 Å². The number of hydrogen-bond donors (Lipinski definition) is 2. The minimum atomic E-state index is 0.317. The van der Waals surface area contributed by atoms with Crippen LogP contribution in [0.5, 0.6) is 0 Å². The molecule has 1 aliphatic carbocycles. The number of pyridine rings is 1. The number of nitrogen functional groups attached to an aromatic ring is 1. The van der Waals surface area contributed by atoms with Crippen LogP contribution in [0.2, 0.25) is 0 Å². The lowest BCUT2D eigenvalue weighted by atomic mass is 9.96. The van der Waals surface area contributed by atoms with Crippen LogP contribution in [0.1, 0.15) is 31.0 Å². The third kappa shape index (κ3) is 5.54. The summed E-state index contributed by atoms with van der Waals surface area (Å²) < 4.78 is 0. The fourth-order valence-corrected chi connectivity index (χ4v) is 3.38. The van der Waals surface area contributed by atoms with Gasteiger partial charge in [-0.3, -0.25) is 4.98 Å². The maximum absolute atomic E-state index is 5.90. The van der Waals surface area contributed by atoms with Gasteiger partial charge >= 0.3 is 0 Å². The zero-order valence-corrected chi connectivity index (χ0v) is 16.9. The predicted octanol–water partition coefficient (Wildman–Crippen LogP) is 4.41. The summed E-state index contributed by atoms with van der Waals surface area (Å²) >= 11 is 0. The molecule has 6 nitrogen and oxygen atoms in total. The van der Waals surface area contributed by atoms with Crippen molar-refractivity contribution in [3.8, 4) is 0 Å². The molecule has 0 aliphatic heterocycles. The highest BCUT2D eigenvalue weighted by Gasteiger charge is 2.17. The van der Waals surface area contributed by atoms with E-state index in [0.29, 0.717) is 12.5 Å². The van der Waals surface area contributed by atoms with Gasteiger partial charge in [0.05, 0.1) is 5.69 Å². The topological polar surface area (TPSA) is 80.0 Å². The van der Waals surface area contributed by atoms with Gasteiger partial charge < -0.3 is 16.0 Å². The van der Waals surface area contributed by atoms with Gasteiger partial charge in [0.15, 0.2) is 0 Å². The first kappa shape index (κ1) is 20.3. The molecule has 3 rings (SSSR count). The molecule has 3 N–H and O–H groups in total. The van der Waals surface area contributed by atoms with E-state index in [-0.39, 0.29) is 0 Å². The van der Waals surface area contributed by atoms with Crippen LogP contribution >= 0.6 is 0 Å². The van der Waals surface area contributed by atoms with E-state index < -0.39 is 0 Å². The highest BCUT2D eigenvalue weighted by atomic mass is 15.1. The molecule has 0 spiro atoms. The summed E-state index contributed by atoms with van der Waals surface area (Å²) in [6.45, 7) is 10.7. The number of allylic oxidation sites excluding steroid dienone is 4. The Balaban J connectivity index is 1.71. The minimum absolute atomic E-state index is 0.317. The molecule has 0 atom stereocenters. The van der Waals surface area contributed by atoms with E-state index >= 15 is 0 Å². The van der Waals surface area contributed by atoms with Crippen molar-refractivity contribution in [1.82, 2.24) is 15.0 Å². The summed E-state index contributed by atoms with van der Waals surface area (Å²) in [4.78, 5) is 15.0. The summed E-state index contributed by atoms with van der Waals surface area (Å²) in [5.41, 5.74) is 11.0. The van der Waals surface area contributed by atoms with E-state index in [0.717, 1.165) is 54.2 Å². The summed E-state index contributed by atoms with van der Waals surface area (Å²) in [7, 11) is 0. The smallest absolute Gasteiger partial charge is 0.222 e. The first-order valence-electron chi connectivity index (χ1n) is 9.82. The zero-order valence-electron chi connectivity index (χ0n) is 16.9. The molecule has 2 heterocycles. The molecule has 0 saturated carbocycles. The molecule has 0 radical (unpaired) electrons. The van der Waals surface area contributed by atoms with Gasteiger partial charge in [0.1, 0.15) is 5.82 Å². The van der Waals surface area contributed by atoms with E-state index in [4.69, 9.17) is 5.73 Å². The SMILES string of the molecule is C=CCN(/C=C\C(=C)/C=C(\C)Nc1nc(N)nc2c1CCCC2)c1ccncc1. The van der Waals surface area contributed by atoms with Crippen molar-refractivity contribution in [2.45, 2.75) is 32.6 Å². The lowest BCUT2D eigenvalue weighted by Gasteiger charge is -2.19. The van der Waals surface area contributed by atoms with Gasteiger partial charge in [0, 0.05) is 42.1 Å². The largest absolute Gasteiger partial charge is 0.368 e. The van der Waals surface area contributed by atoms with E-state index in [1.165, 1.54) is 5.56 Å². The lowest BCUT2D eigenvalue weighted by molar-refractivity contribution is 0.665. The molecular weight excluding hydrogens is 360 g/mol. The van der Waals surface area contributed by atoms with E-state index in [1.54, 1.807) is 12.4 Å². The number of anilines is 3. The molecule has 1 aliphatic rings. The van der Waals surface area contributed by atoms with Crippen LogP contribution in [0, 0.1) is 0 Å². The molecule has 29 heavy (non-hydrogen) atoms. The maximum atomic E-state index is 5.90. The van der Waals surface area contributed by atoms with Gasteiger partial charge in [-0.05, 0) is 62.5 Å². The summed E-state index contributed by atoms with van der Waals surface area (Å²) in [6, 6.07) is 3.92. The van der Waals surface area contributed by atoms with Gasteiger partial charge in [-0.1, -0.05) is 12.7 Å². The Bertz CT molecular complexity index is 930. The molecule has 2 aromatic rings. The highest BCUT2D eigenvalue weighted by molar-refractivity contribution is 5.55. The van der Waals surface area contributed by atoms with Gasteiger partial charge in [0.2, 0.25) is 5.95 Å². The highest BCUT2D eigenvalue weighted by Crippen LogP contribution is 2.27. The molecule has 0 bridgehead atoms. The zero-order chi connectivity index (χ0) is 20.6. The average molecular weight is 389 g/mol. The number of nitrogens with one attached hydrogen (secondary N) is 1. The van der Waals surface area contributed by atoms with Crippen molar-refractivity contribution in [2.75, 3.05) is 22.5 Å². The van der Waals surface area contributed by atoms with Crippen molar-refractivity contribution < 1.29 is 0 Å². The van der Waals surface area contributed by atoms with Crippen molar-refractivity contribution in [1.29, 1.82) is 0 Å². The quantitative estimate of drug-likeness (QED) is 0.515. The third-order valence-corrected chi connectivity index (χ3v) is 4.71. The average Bonchev–Trinajstić information content (AvgIpc) is 2.71. The van der Waals surface area contributed by atoms with Gasteiger partial charge in [-0.25, -0.2) is 4.98 Å². The molecule has 150 valence electrons. The molecule has 2 aromatic heterocycles. The Morgan fingerprint density at radius 3 is 2.76 bits per heavy atom. The van der Waals surface area contributed by atoms with Crippen molar-refractivity contribution in [3.05, 3.63) is 84.6 Å². The van der Waals surface area contributed by atoms with E-state index in [9.17, 15) is 0 Å². The molecule has 0 unspecified atom stereocenters. The van der Waals surface area contributed by atoms with Crippen LogP contribution in [-0.2, 0) is 12.8 Å². The number of nitrogens with zero attached hydrogens (tertiary/aromatic N) is 4. The first-order valence-corrected chi connectivity index (χ1v) is 9.82. The summed E-state index contributed by atoms with van der Waals surface area (Å²) in [5.74, 6) is 1.12. The van der Waals surface area contributed by atoms with Crippen LogP contribution in [0.3, 0.4) is 0 Å². The second-order valence-corrected chi connectivity index (χ2v) is 7.05. The first-order chi connectivity index (χ1) is 14.1. The molecule has 6 heteroatoms. The molecule has 0 saturated heterocycles. The molecule has 0 amide bonds. The third-order valence-electron chi connectivity index (χ3n) is 4.71. The number of hydrogen-bond acceptors (Lipinski definition) is 6. The number of rotatable bonds is 8. The van der Waals surface area contributed by atoms with Crippen LogP contribution in [0.25, 0.3) is 0 Å². The minimum Gasteiger partial charge on any atom is -0.368 e. The van der Waals surface area contributed by atoms with E-state index in [2.05, 4.69) is 38.3 Å². The number of aryl methyl sites for hydroxylation is 1. The second kappa shape index (κ2) is 9.68. The normalized spacial score (nSPS) is 13.8. The monoisotopic (exact) mass is 388 g/mol. The predicted molar refractivity (Wildman–Crippen MR) is 121 cm³/mol. The Labute approximate surface area is 172 Å². The van der Waals surface area contributed by atoms with Crippen molar-refractivity contribution in [3.63, 3.8) is 0 Å². The Morgan fingerprint density at radius 1 is 1.24 bits per heavy atom. The number of aromatic nitrogens is 3. The molecule has 0 fully saturated rings. The number of nitrogens with two attached hydrogens (primary N) is 1. The molecule has 0 aromatic carbocycles. The summed E-state index contributed by atoms with van der Waals surface area (Å²) in [6.07, 6.45) is 15.6. The fourth-order valence-electron chi connectivity index (χ4n) is 3.38. The van der Waals surface area contributed by atoms with Crippen LogP contribution in [0.4, 0.5) is 17.5 Å².